The van der Waals surface area contributed by atoms with Crippen molar-refractivity contribution >= 4 is 28.5 Å². The number of hydrogen-bond donors (Lipinski definition) is 2. The summed E-state index contributed by atoms with van der Waals surface area (Å²) in [4.78, 5) is 17.1. The summed E-state index contributed by atoms with van der Waals surface area (Å²) in [5.74, 6) is -0.699. The van der Waals surface area contributed by atoms with Gasteiger partial charge in [0.15, 0.2) is 0 Å². The van der Waals surface area contributed by atoms with E-state index in [4.69, 9.17) is 0 Å². The molecule has 1 fully saturated rings. The van der Waals surface area contributed by atoms with Gasteiger partial charge in [0.2, 0.25) is 0 Å². The Bertz CT molecular complexity index is 921. The molecular formula is C23H27FN4O. The monoisotopic (exact) mass is 394 g/mol. The molecule has 29 heavy (non-hydrogen) atoms. The Kier molecular flexibility index (Phi) is 5.53. The van der Waals surface area contributed by atoms with E-state index in [1.807, 2.05) is 12.1 Å². The first-order valence-electron chi connectivity index (χ1n) is 10.3. The van der Waals surface area contributed by atoms with Gasteiger partial charge in [0.1, 0.15) is 5.82 Å². The van der Waals surface area contributed by atoms with Gasteiger partial charge >= 0.3 is 0 Å². The second kappa shape index (κ2) is 8.25. The van der Waals surface area contributed by atoms with Crippen LogP contribution in [0.1, 0.15) is 25.8 Å². The summed E-state index contributed by atoms with van der Waals surface area (Å²) in [6.45, 7) is 8.72. The number of nitrogens with one attached hydrogen (secondary N) is 2. The summed E-state index contributed by atoms with van der Waals surface area (Å²) < 4.78 is 14.1. The van der Waals surface area contributed by atoms with E-state index in [1.165, 1.54) is 18.2 Å². The van der Waals surface area contributed by atoms with Crippen LogP contribution in [0.3, 0.4) is 0 Å². The molecule has 6 heteroatoms. The molecule has 2 aliphatic rings. The Morgan fingerprint density at radius 3 is 2.69 bits per heavy atom. The fourth-order valence-electron chi connectivity index (χ4n) is 4.28. The quantitative estimate of drug-likeness (QED) is 0.723. The molecule has 0 saturated carbocycles. The Morgan fingerprint density at radius 1 is 1.21 bits per heavy atom. The summed E-state index contributed by atoms with van der Waals surface area (Å²) >= 11 is 0. The molecule has 152 valence electrons. The van der Waals surface area contributed by atoms with Gasteiger partial charge in [-0.25, -0.2) is 4.39 Å². The van der Waals surface area contributed by atoms with Crippen molar-refractivity contribution in [1.82, 2.24) is 4.90 Å². The molecule has 2 aromatic rings. The third kappa shape index (κ3) is 3.85. The maximum Gasteiger partial charge on any atom is 0.257 e. The van der Waals surface area contributed by atoms with Crippen molar-refractivity contribution in [2.24, 2.45) is 0 Å². The fraction of sp³-hybridized carbons (Fsp3) is 0.348. The molecule has 2 aliphatic heterocycles. The fourth-order valence-corrected chi connectivity index (χ4v) is 4.28. The Morgan fingerprint density at radius 2 is 1.97 bits per heavy atom. The van der Waals surface area contributed by atoms with Crippen LogP contribution in [0.15, 0.2) is 48.7 Å². The third-order valence-corrected chi connectivity index (χ3v) is 5.88. The normalized spacial score (nSPS) is 19.7. The lowest BCUT2D eigenvalue weighted by Crippen LogP contribution is -2.37. The van der Waals surface area contributed by atoms with Gasteiger partial charge in [-0.2, -0.15) is 0 Å². The molecule has 0 bridgehead atoms. The zero-order valence-corrected chi connectivity index (χ0v) is 16.9. The summed E-state index contributed by atoms with van der Waals surface area (Å²) in [7, 11) is 0. The highest BCUT2D eigenvalue weighted by atomic mass is 19.1. The summed E-state index contributed by atoms with van der Waals surface area (Å²) in [6, 6.07) is 13.4. The minimum absolute atomic E-state index is 0.297. The average Bonchev–Trinajstić information content (AvgIpc) is 3.33. The van der Waals surface area contributed by atoms with E-state index in [-0.39, 0.29) is 5.91 Å². The van der Waals surface area contributed by atoms with Crippen molar-refractivity contribution in [2.75, 3.05) is 41.7 Å². The number of halogens is 1. The highest BCUT2D eigenvalue weighted by Gasteiger charge is 2.27. The van der Waals surface area contributed by atoms with Crippen LogP contribution in [0.5, 0.6) is 0 Å². The minimum Gasteiger partial charge on any atom is -0.370 e. The number of rotatable bonds is 6. The van der Waals surface area contributed by atoms with Crippen LogP contribution in [0.2, 0.25) is 0 Å². The number of hydrogen-bond acceptors (Lipinski definition) is 4. The lowest BCUT2D eigenvalue weighted by atomic mass is 10.1. The Hall–Kier alpha value is -2.86. The number of anilines is 3. The van der Waals surface area contributed by atoms with Crippen molar-refractivity contribution in [1.29, 1.82) is 0 Å². The van der Waals surface area contributed by atoms with E-state index in [1.54, 1.807) is 18.3 Å². The highest BCUT2D eigenvalue weighted by molar-refractivity contribution is 6.31. The molecule has 0 spiro atoms. The van der Waals surface area contributed by atoms with Gasteiger partial charge in [-0.15, -0.1) is 0 Å². The molecule has 1 atom stereocenters. The van der Waals surface area contributed by atoms with E-state index >= 15 is 0 Å². The van der Waals surface area contributed by atoms with Gasteiger partial charge in [0, 0.05) is 42.3 Å². The van der Waals surface area contributed by atoms with Gasteiger partial charge in [-0.1, -0.05) is 19.9 Å². The van der Waals surface area contributed by atoms with Gasteiger partial charge in [0.05, 0.1) is 11.3 Å². The number of fused-ring (bicyclic) bond motifs is 1. The molecular weight excluding hydrogens is 367 g/mol. The third-order valence-electron chi connectivity index (χ3n) is 5.88. The molecule has 1 saturated heterocycles. The van der Waals surface area contributed by atoms with Crippen molar-refractivity contribution in [3.63, 3.8) is 0 Å². The molecule has 4 rings (SSSR count). The van der Waals surface area contributed by atoms with Crippen LogP contribution < -0.4 is 15.5 Å². The van der Waals surface area contributed by atoms with E-state index < -0.39 is 5.82 Å². The summed E-state index contributed by atoms with van der Waals surface area (Å²) in [5.41, 5.74) is 3.20. The molecule has 1 amide bonds. The highest BCUT2D eigenvalue weighted by Crippen LogP contribution is 2.33. The minimum atomic E-state index is -0.402. The largest absolute Gasteiger partial charge is 0.370 e. The van der Waals surface area contributed by atoms with Crippen molar-refractivity contribution in [2.45, 2.75) is 26.3 Å². The predicted molar refractivity (Wildman–Crippen MR) is 117 cm³/mol. The Balaban J connectivity index is 1.44. The first kappa shape index (κ1) is 19.5. The molecule has 0 radical (unpaired) electrons. The Labute approximate surface area is 171 Å². The van der Waals surface area contributed by atoms with Crippen LogP contribution in [0.4, 0.5) is 21.5 Å². The zero-order valence-electron chi connectivity index (χ0n) is 16.9. The molecule has 2 heterocycles. The molecule has 5 nitrogen and oxygen atoms in total. The summed E-state index contributed by atoms with van der Waals surface area (Å²) in [6.07, 6.45) is 2.76. The SMILES string of the molecule is CCN(CC)C1CCN(c2ccc(NC=C3C(=O)Nc4cccc(F)c43)cc2)C1. The maximum atomic E-state index is 14.1. The molecule has 0 aromatic heterocycles. The number of carbonyl (C=O) groups excluding carboxylic acids is 1. The van der Waals surface area contributed by atoms with Crippen LogP contribution >= 0.6 is 0 Å². The van der Waals surface area contributed by atoms with Gasteiger partial charge in [-0.05, 0) is 55.9 Å². The van der Waals surface area contributed by atoms with E-state index in [0.717, 1.165) is 31.9 Å². The van der Waals surface area contributed by atoms with Crippen LogP contribution in [-0.4, -0.2) is 43.0 Å². The van der Waals surface area contributed by atoms with Crippen molar-refractivity contribution < 1.29 is 9.18 Å². The first-order chi connectivity index (χ1) is 14.1. The first-order valence-corrected chi connectivity index (χ1v) is 10.3. The van der Waals surface area contributed by atoms with E-state index in [9.17, 15) is 9.18 Å². The standard InChI is InChI=1S/C23H27FN4O/c1-3-27(4-2)18-12-13-28(15-18)17-10-8-16(9-11-17)25-14-19-22-20(24)6-5-7-21(22)26-23(19)29/h5-11,14,18,25H,3-4,12-13,15H2,1-2H3,(H,26,29). The number of benzene rings is 2. The lowest BCUT2D eigenvalue weighted by molar-refractivity contribution is -0.110. The lowest BCUT2D eigenvalue weighted by Gasteiger charge is -2.26. The molecule has 0 aliphatic carbocycles. The van der Waals surface area contributed by atoms with Crippen molar-refractivity contribution in [3.05, 3.63) is 60.0 Å². The van der Waals surface area contributed by atoms with Crippen LogP contribution in [0, 0.1) is 5.82 Å². The zero-order chi connectivity index (χ0) is 20.4. The van der Waals surface area contributed by atoms with E-state index in [0.29, 0.717) is 22.9 Å². The second-order valence-electron chi connectivity index (χ2n) is 7.48. The topological polar surface area (TPSA) is 47.6 Å². The van der Waals surface area contributed by atoms with Crippen LogP contribution in [0.25, 0.3) is 5.57 Å². The van der Waals surface area contributed by atoms with E-state index in [2.05, 4.69) is 46.4 Å². The van der Waals surface area contributed by atoms with Crippen LogP contribution in [-0.2, 0) is 4.79 Å². The van der Waals surface area contributed by atoms with Gasteiger partial charge in [-0.3, -0.25) is 9.69 Å². The predicted octanol–water partition coefficient (Wildman–Crippen LogP) is 4.15. The van der Waals surface area contributed by atoms with Gasteiger partial charge < -0.3 is 15.5 Å². The maximum absolute atomic E-state index is 14.1. The second-order valence-corrected chi connectivity index (χ2v) is 7.48. The number of carbonyl (C=O) groups is 1. The molecule has 2 aromatic carbocycles. The number of amides is 1. The average molecular weight is 394 g/mol. The smallest absolute Gasteiger partial charge is 0.257 e. The molecule has 2 N–H and O–H groups in total. The number of likely N-dealkylation sites (N-methyl/N-ethyl adjacent to an activating group) is 1. The summed E-state index contributed by atoms with van der Waals surface area (Å²) in [5, 5.41) is 5.83. The number of nitrogens with zero attached hydrogens (tertiary/aromatic N) is 2. The van der Waals surface area contributed by atoms with Crippen molar-refractivity contribution in [3.8, 4) is 0 Å². The van der Waals surface area contributed by atoms with Gasteiger partial charge in [0.25, 0.3) is 5.91 Å². The molecule has 1 unspecified atom stereocenters.